The topological polar surface area (TPSA) is 82.5 Å². The lowest BCUT2D eigenvalue weighted by Gasteiger charge is -2.48. The molecule has 0 amide bonds. The maximum Gasteiger partial charge on any atom is 0.151 e. The van der Waals surface area contributed by atoms with Gasteiger partial charge in [0, 0.05) is 37.5 Å². The Morgan fingerprint density at radius 3 is 2.96 bits per heavy atom. The number of anilines is 1. The van der Waals surface area contributed by atoms with Gasteiger partial charge in [0.25, 0.3) is 0 Å². The summed E-state index contributed by atoms with van der Waals surface area (Å²) in [5.74, 6) is 0.881. The SMILES string of the molecule is CS(=O)(=O)Cc1ccc(N2CCC[C@]3(CNCC[C@@H]3O)C2)nc1. The summed E-state index contributed by atoms with van der Waals surface area (Å²) in [5, 5.41) is 13.9. The van der Waals surface area contributed by atoms with Gasteiger partial charge in [0.05, 0.1) is 11.9 Å². The normalized spacial score (nSPS) is 29.0. The summed E-state index contributed by atoms with van der Waals surface area (Å²) in [6.45, 7) is 3.44. The molecule has 128 valence electrons. The van der Waals surface area contributed by atoms with Crippen molar-refractivity contribution in [2.45, 2.75) is 31.1 Å². The lowest BCUT2D eigenvalue weighted by molar-refractivity contribution is -0.0102. The predicted molar refractivity (Wildman–Crippen MR) is 90.2 cm³/mol. The Kier molecular flexibility index (Phi) is 4.62. The number of aliphatic hydroxyl groups is 1. The van der Waals surface area contributed by atoms with E-state index in [4.69, 9.17) is 0 Å². The molecule has 1 spiro atoms. The highest BCUT2D eigenvalue weighted by molar-refractivity contribution is 7.89. The number of pyridine rings is 1. The molecule has 2 aliphatic rings. The van der Waals surface area contributed by atoms with Crippen LogP contribution in [0.15, 0.2) is 18.3 Å². The molecule has 0 aliphatic carbocycles. The number of nitrogens with zero attached hydrogens (tertiary/aromatic N) is 2. The van der Waals surface area contributed by atoms with Gasteiger partial charge < -0.3 is 15.3 Å². The van der Waals surface area contributed by atoms with Gasteiger partial charge in [-0.2, -0.15) is 0 Å². The number of hydrogen-bond donors (Lipinski definition) is 2. The van der Waals surface area contributed by atoms with Crippen LogP contribution in [0, 0.1) is 5.41 Å². The maximum atomic E-state index is 11.4. The van der Waals surface area contributed by atoms with Crippen molar-refractivity contribution in [1.29, 1.82) is 0 Å². The van der Waals surface area contributed by atoms with Crippen molar-refractivity contribution in [2.75, 3.05) is 37.3 Å². The number of rotatable bonds is 3. The van der Waals surface area contributed by atoms with Crippen LogP contribution in [0.25, 0.3) is 0 Å². The molecule has 0 bridgehead atoms. The first-order chi connectivity index (χ1) is 10.9. The van der Waals surface area contributed by atoms with E-state index in [0.29, 0.717) is 5.56 Å². The van der Waals surface area contributed by atoms with Crippen LogP contribution in [0.1, 0.15) is 24.8 Å². The van der Waals surface area contributed by atoms with Gasteiger partial charge in [0.2, 0.25) is 0 Å². The van der Waals surface area contributed by atoms with Crippen LogP contribution in [-0.4, -0.2) is 57.0 Å². The lowest BCUT2D eigenvalue weighted by atomic mass is 9.72. The van der Waals surface area contributed by atoms with Gasteiger partial charge in [-0.25, -0.2) is 13.4 Å². The summed E-state index contributed by atoms with van der Waals surface area (Å²) in [6, 6.07) is 3.72. The van der Waals surface area contributed by atoms with Crippen molar-refractivity contribution in [3.05, 3.63) is 23.9 Å². The molecule has 3 rings (SSSR count). The molecule has 0 radical (unpaired) electrons. The quantitative estimate of drug-likeness (QED) is 0.838. The fourth-order valence-electron chi connectivity index (χ4n) is 3.76. The molecule has 7 heteroatoms. The van der Waals surface area contributed by atoms with E-state index in [1.807, 2.05) is 12.1 Å². The van der Waals surface area contributed by atoms with E-state index < -0.39 is 9.84 Å². The number of nitrogens with one attached hydrogen (secondary N) is 1. The van der Waals surface area contributed by atoms with Crippen LogP contribution >= 0.6 is 0 Å². The summed E-state index contributed by atoms with van der Waals surface area (Å²) >= 11 is 0. The minimum Gasteiger partial charge on any atom is -0.392 e. The third-order valence-corrected chi connectivity index (χ3v) is 5.81. The van der Waals surface area contributed by atoms with Gasteiger partial charge in [-0.05, 0) is 37.4 Å². The molecule has 1 aromatic rings. The van der Waals surface area contributed by atoms with Gasteiger partial charge in [-0.1, -0.05) is 6.07 Å². The van der Waals surface area contributed by atoms with Gasteiger partial charge in [-0.3, -0.25) is 0 Å². The molecule has 2 atom stereocenters. The van der Waals surface area contributed by atoms with E-state index in [0.717, 1.165) is 51.3 Å². The molecule has 1 aromatic heterocycles. The third-order valence-electron chi connectivity index (χ3n) is 4.95. The maximum absolute atomic E-state index is 11.4. The lowest BCUT2D eigenvalue weighted by Crippen LogP contribution is -2.58. The standard InChI is InChI=1S/C16H25N3O3S/c1-23(21,22)10-13-3-4-15(18-9-13)19-8-2-6-16(12-19)11-17-7-5-14(16)20/h3-4,9,14,17,20H,2,5-8,10-12H2,1H3/t14-,16-/m0/s1. The highest BCUT2D eigenvalue weighted by atomic mass is 32.2. The van der Waals surface area contributed by atoms with Crippen molar-refractivity contribution in [3.8, 4) is 0 Å². The van der Waals surface area contributed by atoms with Crippen molar-refractivity contribution in [3.63, 3.8) is 0 Å². The second-order valence-corrected chi connectivity index (χ2v) is 9.10. The van der Waals surface area contributed by atoms with Crippen molar-refractivity contribution in [2.24, 2.45) is 5.41 Å². The molecule has 0 saturated carbocycles. The van der Waals surface area contributed by atoms with Crippen LogP contribution in [0.3, 0.4) is 0 Å². The number of piperidine rings is 2. The molecule has 0 aromatic carbocycles. The Morgan fingerprint density at radius 2 is 2.30 bits per heavy atom. The number of hydrogen-bond acceptors (Lipinski definition) is 6. The molecule has 3 heterocycles. The second kappa shape index (κ2) is 6.37. The van der Waals surface area contributed by atoms with E-state index in [1.54, 1.807) is 6.20 Å². The first-order valence-corrected chi connectivity index (χ1v) is 10.2. The molecule has 2 fully saturated rings. The molecule has 6 nitrogen and oxygen atoms in total. The molecule has 0 unspecified atom stereocenters. The van der Waals surface area contributed by atoms with Crippen molar-refractivity contribution >= 4 is 15.7 Å². The molecular weight excluding hydrogens is 314 g/mol. The molecule has 2 saturated heterocycles. The third kappa shape index (κ3) is 3.84. The zero-order valence-electron chi connectivity index (χ0n) is 13.5. The molecule has 2 aliphatic heterocycles. The molecular formula is C16H25N3O3S. The first kappa shape index (κ1) is 16.7. The van der Waals surface area contributed by atoms with Gasteiger partial charge >= 0.3 is 0 Å². The second-order valence-electron chi connectivity index (χ2n) is 6.96. The van der Waals surface area contributed by atoms with Crippen LogP contribution in [0.2, 0.25) is 0 Å². The Morgan fingerprint density at radius 1 is 1.48 bits per heavy atom. The van der Waals surface area contributed by atoms with Crippen LogP contribution in [0.4, 0.5) is 5.82 Å². The minimum atomic E-state index is -3.04. The van der Waals surface area contributed by atoms with E-state index in [1.165, 1.54) is 6.26 Å². The Bertz CT molecular complexity index is 643. The first-order valence-electron chi connectivity index (χ1n) is 8.14. The average molecular weight is 339 g/mol. The Labute approximate surface area is 137 Å². The van der Waals surface area contributed by atoms with E-state index >= 15 is 0 Å². The van der Waals surface area contributed by atoms with E-state index in [9.17, 15) is 13.5 Å². The average Bonchev–Trinajstić information content (AvgIpc) is 2.50. The summed E-state index contributed by atoms with van der Waals surface area (Å²) in [4.78, 5) is 6.66. The number of sulfone groups is 1. The zero-order valence-corrected chi connectivity index (χ0v) is 14.3. The fourth-order valence-corrected chi connectivity index (χ4v) is 4.54. The van der Waals surface area contributed by atoms with Gasteiger partial charge in [0.1, 0.15) is 5.82 Å². The van der Waals surface area contributed by atoms with Crippen molar-refractivity contribution in [1.82, 2.24) is 10.3 Å². The summed E-state index contributed by atoms with van der Waals surface area (Å²) in [6.07, 6.45) is 5.47. The highest BCUT2D eigenvalue weighted by Gasteiger charge is 2.43. The largest absolute Gasteiger partial charge is 0.392 e. The van der Waals surface area contributed by atoms with Gasteiger partial charge in [0.15, 0.2) is 9.84 Å². The van der Waals surface area contributed by atoms with E-state index in [2.05, 4.69) is 15.2 Å². The van der Waals surface area contributed by atoms with Crippen molar-refractivity contribution < 1.29 is 13.5 Å². The van der Waals surface area contributed by atoms with Crippen LogP contribution in [-0.2, 0) is 15.6 Å². The van der Waals surface area contributed by atoms with Gasteiger partial charge in [-0.15, -0.1) is 0 Å². The number of aliphatic hydroxyl groups excluding tert-OH is 1. The predicted octanol–water partition coefficient (Wildman–Crippen LogP) is 0.567. The minimum absolute atomic E-state index is 0.0207. The molecule has 2 N–H and O–H groups in total. The number of aromatic nitrogens is 1. The van der Waals surface area contributed by atoms with Crippen LogP contribution in [0.5, 0.6) is 0 Å². The summed E-state index contributed by atoms with van der Waals surface area (Å²) in [7, 11) is -3.04. The molecule has 23 heavy (non-hydrogen) atoms. The summed E-state index contributed by atoms with van der Waals surface area (Å²) < 4.78 is 22.7. The Hall–Kier alpha value is -1.18. The van der Waals surface area contributed by atoms with E-state index in [-0.39, 0.29) is 17.3 Å². The van der Waals surface area contributed by atoms with Crippen LogP contribution < -0.4 is 10.2 Å². The smallest absolute Gasteiger partial charge is 0.151 e. The fraction of sp³-hybridized carbons (Fsp3) is 0.688. The summed E-state index contributed by atoms with van der Waals surface area (Å²) in [5.41, 5.74) is 0.617. The zero-order chi connectivity index (χ0) is 16.5. The monoisotopic (exact) mass is 339 g/mol. The highest BCUT2D eigenvalue weighted by Crippen LogP contribution is 2.37. The Balaban J connectivity index is 1.74.